The van der Waals surface area contributed by atoms with Crippen LogP contribution in [0.4, 0.5) is 0 Å². The molecule has 0 heterocycles. The highest BCUT2D eigenvalue weighted by Gasteiger charge is 1.92. The first-order valence-electron chi connectivity index (χ1n) is 4.22. The Balaban J connectivity index is 0.00000144. The van der Waals surface area contributed by atoms with Crippen LogP contribution in [0.1, 0.15) is 13.8 Å². The highest BCUT2D eigenvalue weighted by atomic mass is 35.5. The summed E-state index contributed by atoms with van der Waals surface area (Å²) in [7, 11) is 0. The molecule has 0 aliphatic rings. The number of halogens is 1. The van der Waals surface area contributed by atoms with Crippen LogP contribution in [0.3, 0.4) is 0 Å². The summed E-state index contributed by atoms with van der Waals surface area (Å²) in [5.41, 5.74) is 0. The van der Waals surface area contributed by atoms with E-state index >= 15 is 0 Å². The molecule has 0 saturated carbocycles. The SMILES string of the molecule is CCOc1ccc(OCC)cc1.[Cl-]. The Kier molecular flexibility index (Phi) is 6.15. The van der Waals surface area contributed by atoms with Crippen LogP contribution in [0.15, 0.2) is 24.3 Å². The third kappa shape index (κ3) is 4.04. The minimum atomic E-state index is 0. The van der Waals surface area contributed by atoms with Gasteiger partial charge in [0.25, 0.3) is 0 Å². The van der Waals surface area contributed by atoms with Gasteiger partial charge in [-0.15, -0.1) is 0 Å². The minimum Gasteiger partial charge on any atom is -1.00 e. The maximum Gasteiger partial charge on any atom is 0.119 e. The van der Waals surface area contributed by atoms with Crippen LogP contribution in [0.5, 0.6) is 11.5 Å². The van der Waals surface area contributed by atoms with Gasteiger partial charge in [0.1, 0.15) is 11.5 Å². The third-order valence-corrected chi connectivity index (χ3v) is 1.45. The molecule has 0 spiro atoms. The van der Waals surface area contributed by atoms with Crippen molar-refractivity contribution in [3.63, 3.8) is 0 Å². The monoisotopic (exact) mass is 201 g/mol. The van der Waals surface area contributed by atoms with E-state index in [4.69, 9.17) is 9.47 Å². The standard InChI is InChI=1S/C10H14O2.ClH/c1-3-11-9-5-7-10(8-6-9)12-4-2;/h5-8H,3-4H2,1-2H3;1H/p-1. The van der Waals surface area contributed by atoms with Crippen molar-refractivity contribution in [1.29, 1.82) is 0 Å². The van der Waals surface area contributed by atoms with Crippen molar-refractivity contribution in [3.05, 3.63) is 24.3 Å². The number of hydrogen-bond donors (Lipinski definition) is 0. The van der Waals surface area contributed by atoms with E-state index in [1.165, 1.54) is 0 Å². The predicted octanol–water partition coefficient (Wildman–Crippen LogP) is -0.512. The molecule has 13 heavy (non-hydrogen) atoms. The normalized spacial score (nSPS) is 8.77. The molecule has 0 fully saturated rings. The van der Waals surface area contributed by atoms with Crippen molar-refractivity contribution >= 4 is 0 Å². The number of ether oxygens (including phenoxy) is 2. The zero-order chi connectivity index (χ0) is 8.81. The molecule has 0 aliphatic carbocycles. The Bertz CT molecular complexity index is 196. The van der Waals surface area contributed by atoms with Crippen LogP contribution < -0.4 is 21.9 Å². The van der Waals surface area contributed by atoms with E-state index in [2.05, 4.69) is 0 Å². The Hall–Kier alpha value is -0.890. The number of rotatable bonds is 4. The molecule has 1 rings (SSSR count). The second-order valence-electron chi connectivity index (χ2n) is 2.34. The van der Waals surface area contributed by atoms with Gasteiger partial charge in [-0.05, 0) is 38.1 Å². The first kappa shape index (κ1) is 12.1. The van der Waals surface area contributed by atoms with Gasteiger partial charge in [-0.1, -0.05) is 0 Å². The van der Waals surface area contributed by atoms with Gasteiger partial charge < -0.3 is 21.9 Å². The Morgan fingerprint density at radius 3 is 1.38 bits per heavy atom. The predicted molar refractivity (Wildman–Crippen MR) is 48.8 cm³/mol. The summed E-state index contributed by atoms with van der Waals surface area (Å²) in [4.78, 5) is 0. The average Bonchev–Trinajstić information content (AvgIpc) is 2.09. The fourth-order valence-corrected chi connectivity index (χ4v) is 0.965. The zero-order valence-electron chi connectivity index (χ0n) is 7.92. The fourth-order valence-electron chi connectivity index (χ4n) is 0.965. The molecule has 74 valence electrons. The first-order valence-corrected chi connectivity index (χ1v) is 4.22. The Labute approximate surface area is 85.3 Å². The molecule has 0 N–H and O–H groups in total. The lowest BCUT2D eigenvalue weighted by Gasteiger charge is -2.04. The van der Waals surface area contributed by atoms with E-state index in [1.807, 2.05) is 38.1 Å². The first-order chi connectivity index (χ1) is 5.86. The Morgan fingerprint density at radius 2 is 1.15 bits per heavy atom. The van der Waals surface area contributed by atoms with Crippen LogP contribution in [0.25, 0.3) is 0 Å². The summed E-state index contributed by atoms with van der Waals surface area (Å²) >= 11 is 0. The second-order valence-corrected chi connectivity index (χ2v) is 2.34. The van der Waals surface area contributed by atoms with Gasteiger partial charge in [0.2, 0.25) is 0 Å². The molecule has 2 nitrogen and oxygen atoms in total. The van der Waals surface area contributed by atoms with Gasteiger partial charge in [0.05, 0.1) is 13.2 Å². The van der Waals surface area contributed by atoms with Crippen molar-refractivity contribution in [3.8, 4) is 11.5 Å². The van der Waals surface area contributed by atoms with E-state index in [1.54, 1.807) is 0 Å². The molecule has 0 aromatic heterocycles. The molecule has 0 amide bonds. The van der Waals surface area contributed by atoms with Crippen LogP contribution in [0, 0.1) is 0 Å². The maximum absolute atomic E-state index is 5.28. The van der Waals surface area contributed by atoms with Gasteiger partial charge >= 0.3 is 0 Å². The number of hydrogen-bond acceptors (Lipinski definition) is 2. The molecular formula is C10H14ClO2-. The quantitative estimate of drug-likeness (QED) is 0.654. The summed E-state index contributed by atoms with van der Waals surface area (Å²) in [5.74, 6) is 1.78. The molecular weight excluding hydrogens is 188 g/mol. The van der Waals surface area contributed by atoms with E-state index in [0.717, 1.165) is 11.5 Å². The fraction of sp³-hybridized carbons (Fsp3) is 0.400. The van der Waals surface area contributed by atoms with Gasteiger partial charge in [-0.3, -0.25) is 0 Å². The summed E-state index contributed by atoms with van der Waals surface area (Å²) in [6, 6.07) is 7.64. The largest absolute Gasteiger partial charge is 1.00 e. The average molecular weight is 202 g/mol. The summed E-state index contributed by atoms with van der Waals surface area (Å²) in [6.07, 6.45) is 0. The zero-order valence-corrected chi connectivity index (χ0v) is 8.67. The van der Waals surface area contributed by atoms with Crippen LogP contribution in [-0.2, 0) is 0 Å². The van der Waals surface area contributed by atoms with E-state index in [9.17, 15) is 0 Å². The van der Waals surface area contributed by atoms with Crippen molar-refractivity contribution in [2.24, 2.45) is 0 Å². The van der Waals surface area contributed by atoms with Gasteiger partial charge in [0.15, 0.2) is 0 Å². The second kappa shape index (κ2) is 6.61. The summed E-state index contributed by atoms with van der Waals surface area (Å²) in [5, 5.41) is 0. The highest BCUT2D eigenvalue weighted by Crippen LogP contribution is 2.17. The van der Waals surface area contributed by atoms with Gasteiger partial charge in [-0.25, -0.2) is 0 Å². The lowest BCUT2D eigenvalue weighted by Crippen LogP contribution is -3.00. The lowest BCUT2D eigenvalue weighted by molar-refractivity contribution is -0.00000365. The van der Waals surface area contributed by atoms with Crippen molar-refractivity contribution in [1.82, 2.24) is 0 Å². The maximum atomic E-state index is 5.28. The topological polar surface area (TPSA) is 18.5 Å². The van der Waals surface area contributed by atoms with Gasteiger partial charge in [0, 0.05) is 0 Å². The summed E-state index contributed by atoms with van der Waals surface area (Å²) in [6.45, 7) is 5.34. The third-order valence-electron chi connectivity index (χ3n) is 1.45. The Morgan fingerprint density at radius 1 is 0.846 bits per heavy atom. The molecule has 0 unspecified atom stereocenters. The molecule has 0 radical (unpaired) electrons. The van der Waals surface area contributed by atoms with Crippen molar-refractivity contribution < 1.29 is 21.9 Å². The minimum absolute atomic E-state index is 0. The van der Waals surface area contributed by atoms with Crippen LogP contribution >= 0.6 is 0 Å². The highest BCUT2D eigenvalue weighted by molar-refractivity contribution is 5.31. The van der Waals surface area contributed by atoms with Crippen LogP contribution in [0.2, 0.25) is 0 Å². The molecule has 0 aliphatic heterocycles. The lowest BCUT2D eigenvalue weighted by atomic mass is 10.3. The molecule has 0 saturated heterocycles. The van der Waals surface area contributed by atoms with E-state index in [-0.39, 0.29) is 12.4 Å². The molecule has 0 atom stereocenters. The molecule has 1 aromatic carbocycles. The van der Waals surface area contributed by atoms with E-state index in [0.29, 0.717) is 13.2 Å². The molecule has 0 bridgehead atoms. The molecule has 1 aromatic rings. The van der Waals surface area contributed by atoms with Crippen molar-refractivity contribution in [2.75, 3.05) is 13.2 Å². The number of benzene rings is 1. The smallest absolute Gasteiger partial charge is 0.119 e. The van der Waals surface area contributed by atoms with Crippen molar-refractivity contribution in [2.45, 2.75) is 13.8 Å². The van der Waals surface area contributed by atoms with E-state index < -0.39 is 0 Å². The summed E-state index contributed by atoms with van der Waals surface area (Å²) < 4.78 is 10.6. The molecule has 3 heteroatoms. The van der Waals surface area contributed by atoms with Crippen LogP contribution in [-0.4, -0.2) is 13.2 Å². The van der Waals surface area contributed by atoms with Gasteiger partial charge in [-0.2, -0.15) is 0 Å².